The third kappa shape index (κ3) is 4.93. The van der Waals surface area contributed by atoms with E-state index in [4.69, 9.17) is 11.6 Å². The minimum absolute atomic E-state index is 0.245. The molecular weight excluding hydrogens is 442 g/mol. The van der Waals surface area contributed by atoms with Crippen LogP contribution in [-0.2, 0) is 0 Å². The lowest BCUT2D eigenvalue weighted by molar-refractivity contribution is 0.102. The third-order valence-electron chi connectivity index (χ3n) is 4.91. The van der Waals surface area contributed by atoms with E-state index < -0.39 is 0 Å². The van der Waals surface area contributed by atoms with E-state index in [2.05, 4.69) is 10.4 Å². The maximum Gasteiger partial charge on any atom is 0.271 e. The van der Waals surface area contributed by atoms with Crippen molar-refractivity contribution in [2.45, 2.75) is 23.8 Å². The molecule has 3 aromatic carbocycles. The minimum Gasteiger partial charge on any atom is -0.322 e. The lowest BCUT2D eigenvalue weighted by Crippen LogP contribution is -2.20. The summed E-state index contributed by atoms with van der Waals surface area (Å²) in [7, 11) is 0. The smallest absolute Gasteiger partial charge is 0.271 e. The molecule has 0 spiro atoms. The average molecular weight is 462 g/mol. The zero-order valence-electron chi connectivity index (χ0n) is 17.5. The molecule has 5 nitrogen and oxygen atoms in total. The van der Waals surface area contributed by atoms with Crippen LogP contribution in [0.3, 0.4) is 0 Å². The summed E-state index contributed by atoms with van der Waals surface area (Å²) in [4.78, 5) is 26.1. The maximum atomic E-state index is 12.6. The fourth-order valence-electron chi connectivity index (χ4n) is 3.05. The Bertz CT molecular complexity index is 1330. The quantitative estimate of drug-likeness (QED) is 0.401. The molecule has 160 valence electrons. The van der Waals surface area contributed by atoms with Gasteiger partial charge < -0.3 is 5.32 Å². The van der Waals surface area contributed by atoms with Crippen LogP contribution >= 0.6 is 23.4 Å². The van der Waals surface area contributed by atoms with Crippen molar-refractivity contribution in [2.75, 3.05) is 5.32 Å². The molecular formula is C25H20ClN3O2S. The van der Waals surface area contributed by atoms with Gasteiger partial charge in [-0.05, 0) is 74.0 Å². The van der Waals surface area contributed by atoms with Crippen molar-refractivity contribution in [1.29, 1.82) is 0 Å². The van der Waals surface area contributed by atoms with Crippen molar-refractivity contribution in [3.63, 3.8) is 0 Å². The number of halogens is 1. The van der Waals surface area contributed by atoms with Crippen LogP contribution in [0.1, 0.15) is 21.5 Å². The molecule has 0 saturated heterocycles. The second-order valence-corrected chi connectivity index (χ2v) is 8.75. The number of hydrogen-bond acceptors (Lipinski definition) is 4. The predicted molar refractivity (Wildman–Crippen MR) is 129 cm³/mol. The van der Waals surface area contributed by atoms with Crippen LogP contribution < -0.4 is 10.9 Å². The van der Waals surface area contributed by atoms with Crippen LogP contribution in [0.2, 0.25) is 5.02 Å². The minimum atomic E-state index is -0.258. The van der Waals surface area contributed by atoms with Crippen molar-refractivity contribution in [3.05, 3.63) is 111 Å². The first kappa shape index (κ1) is 21.9. The van der Waals surface area contributed by atoms with Crippen LogP contribution in [0.4, 0.5) is 5.69 Å². The van der Waals surface area contributed by atoms with Crippen LogP contribution in [0.5, 0.6) is 0 Å². The summed E-state index contributed by atoms with van der Waals surface area (Å²) < 4.78 is 1.33. The predicted octanol–water partition coefficient (Wildman–Crippen LogP) is 5.91. The number of amides is 1. The Labute approximate surface area is 195 Å². The first-order valence-electron chi connectivity index (χ1n) is 9.92. The SMILES string of the molecule is Cc1ccc(Sc2ccc(=O)n(-c3ccc(C(=O)Nc4cccc(Cl)c4C)cc3)n2)cc1. The van der Waals surface area contributed by atoms with Gasteiger partial charge in [-0.25, -0.2) is 0 Å². The zero-order chi connectivity index (χ0) is 22.7. The number of anilines is 1. The maximum absolute atomic E-state index is 12.6. The van der Waals surface area contributed by atoms with E-state index in [9.17, 15) is 9.59 Å². The van der Waals surface area contributed by atoms with Crippen molar-refractivity contribution in [2.24, 2.45) is 0 Å². The molecule has 0 radical (unpaired) electrons. The molecule has 0 unspecified atom stereocenters. The number of rotatable bonds is 5. The zero-order valence-corrected chi connectivity index (χ0v) is 19.1. The fraction of sp³-hybridized carbons (Fsp3) is 0.0800. The summed E-state index contributed by atoms with van der Waals surface area (Å²) in [5, 5.41) is 8.63. The number of nitrogens with one attached hydrogen (secondary N) is 1. The molecule has 4 aromatic rings. The molecule has 4 rings (SSSR count). The highest BCUT2D eigenvalue weighted by molar-refractivity contribution is 7.99. The van der Waals surface area contributed by atoms with Gasteiger partial charge in [-0.3, -0.25) is 9.59 Å². The summed E-state index contributed by atoms with van der Waals surface area (Å²) in [6.45, 7) is 3.88. The van der Waals surface area contributed by atoms with Crippen molar-refractivity contribution in [3.8, 4) is 5.69 Å². The number of carbonyl (C=O) groups excluding carboxylic acids is 1. The largest absolute Gasteiger partial charge is 0.322 e. The lowest BCUT2D eigenvalue weighted by atomic mass is 10.1. The molecule has 1 aromatic heterocycles. The van der Waals surface area contributed by atoms with E-state index in [1.807, 2.05) is 38.1 Å². The van der Waals surface area contributed by atoms with Gasteiger partial charge in [0.1, 0.15) is 5.03 Å². The van der Waals surface area contributed by atoms with E-state index in [0.717, 1.165) is 10.5 Å². The van der Waals surface area contributed by atoms with Gasteiger partial charge in [0.25, 0.3) is 11.5 Å². The Morgan fingerprint density at radius 1 is 0.938 bits per heavy atom. The monoisotopic (exact) mass is 461 g/mol. The van der Waals surface area contributed by atoms with Gasteiger partial charge in [0.05, 0.1) is 5.69 Å². The summed E-state index contributed by atoms with van der Waals surface area (Å²) in [6, 6.07) is 23.4. The molecule has 32 heavy (non-hydrogen) atoms. The highest BCUT2D eigenvalue weighted by Gasteiger charge is 2.11. The average Bonchev–Trinajstić information content (AvgIpc) is 2.80. The molecule has 0 atom stereocenters. The van der Waals surface area contributed by atoms with Gasteiger partial charge in [0.2, 0.25) is 0 Å². The van der Waals surface area contributed by atoms with Gasteiger partial charge in [0.15, 0.2) is 0 Å². The molecule has 0 saturated carbocycles. The second-order valence-electron chi connectivity index (χ2n) is 7.25. The van der Waals surface area contributed by atoms with Gasteiger partial charge in [0, 0.05) is 27.2 Å². The molecule has 0 bridgehead atoms. The summed E-state index contributed by atoms with van der Waals surface area (Å²) in [5.74, 6) is -0.258. The van der Waals surface area contributed by atoms with E-state index in [1.165, 1.54) is 28.1 Å². The Kier molecular flexibility index (Phi) is 6.44. The second kappa shape index (κ2) is 9.42. The number of hydrogen-bond donors (Lipinski definition) is 1. The normalized spacial score (nSPS) is 10.7. The molecule has 0 aliphatic rings. The summed E-state index contributed by atoms with van der Waals surface area (Å²) in [5.41, 5.74) is 3.44. The topological polar surface area (TPSA) is 64.0 Å². The van der Waals surface area contributed by atoms with Gasteiger partial charge in [-0.1, -0.05) is 47.1 Å². The van der Waals surface area contributed by atoms with Crippen molar-refractivity contribution < 1.29 is 4.79 Å². The molecule has 1 amide bonds. The molecule has 1 heterocycles. The van der Waals surface area contributed by atoms with Gasteiger partial charge in [-0.15, -0.1) is 0 Å². The number of aryl methyl sites for hydroxylation is 1. The Morgan fingerprint density at radius 2 is 1.66 bits per heavy atom. The standard InChI is InChI=1S/C25H20ClN3O2S/c1-16-6-12-20(13-7-16)32-23-14-15-24(30)29(28-23)19-10-8-18(9-11-19)25(31)27-22-5-3-4-21(26)17(22)2/h3-15H,1-2H3,(H,27,31). The van der Waals surface area contributed by atoms with E-state index >= 15 is 0 Å². The van der Waals surface area contributed by atoms with E-state index in [1.54, 1.807) is 48.5 Å². The van der Waals surface area contributed by atoms with Crippen LogP contribution in [0.15, 0.2) is 93.6 Å². The van der Waals surface area contributed by atoms with Crippen LogP contribution in [0, 0.1) is 13.8 Å². The number of nitrogens with zero attached hydrogens (tertiary/aromatic N) is 2. The molecule has 0 aliphatic carbocycles. The van der Waals surface area contributed by atoms with Gasteiger partial charge >= 0.3 is 0 Å². The van der Waals surface area contributed by atoms with Crippen molar-refractivity contribution in [1.82, 2.24) is 9.78 Å². The summed E-state index contributed by atoms with van der Waals surface area (Å²) in [6.07, 6.45) is 0. The Hall–Kier alpha value is -3.35. The number of carbonyl (C=O) groups is 1. The first-order chi connectivity index (χ1) is 15.4. The molecule has 0 fully saturated rings. The number of benzene rings is 3. The lowest BCUT2D eigenvalue weighted by Gasteiger charge is -2.10. The Morgan fingerprint density at radius 3 is 2.38 bits per heavy atom. The summed E-state index contributed by atoms with van der Waals surface area (Å²) >= 11 is 7.60. The highest BCUT2D eigenvalue weighted by atomic mass is 35.5. The Balaban J connectivity index is 1.54. The van der Waals surface area contributed by atoms with E-state index in [0.29, 0.717) is 27.0 Å². The van der Waals surface area contributed by atoms with E-state index in [-0.39, 0.29) is 11.5 Å². The molecule has 0 aliphatic heterocycles. The van der Waals surface area contributed by atoms with Crippen LogP contribution in [0.25, 0.3) is 5.69 Å². The fourth-order valence-corrected chi connectivity index (χ4v) is 4.00. The van der Waals surface area contributed by atoms with Crippen molar-refractivity contribution >= 4 is 35.0 Å². The first-order valence-corrected chi connectivity index (χ1v) is 11.1. The highest BCUT2D eigenvalue weighted by Crippen LogP contribution is 2.26. The molecule has 7 heteroatoms. The molecule has 1 N–H and O–H groups in total. The third-order valence-corrected chi connectivity index (χ3v) is 6.25. The van der Waals surface area contributed by atoms with Gasteiger partial charge in [-0.2, -0.15) is 9.78 Å². The number of aromatic nitrogens is 2. The van der Waals surface area contributed by atoms with Crippen LogP contribution in [-0.4, -0.2) is 15.7 Å².